The smallest absolute Gasteiger partial charge is 0.306 e. The number of rotatable bonds is 8. The number of hydrogen-bond donors (Lipinski definition) is 1. The first-order chi connectivity index (χ1) is 8.61. The third-order valence-corrected chi connectivity index (χ3v) is 3.41. The molecule has 1 rings (SSSR count). The molecule has 1 unspecified atom stereocenters. The second kappa shape index (κ2) is 8.48. The Labute approximate surface area is 110 Å². The zero-order valence-electron chi connectivity index (χ0n) is 11.7. The van der Waals surface area contributed by atoms with Gasteiger partial charge in [0.15, 0.2) is 0 Å². The van der Waals surface area contributed by atoms with E-state index in [0.29, 0.717) is 31.4 Å². The van der Waals surface area contributed by atoms with Gasteiger partial charge in [-0.05, 0) is 43.6 Å². The molecule has 0 amide bonds. The van der Waals surface area contributed by atoms with Crippen molar-refractivity contribution in [3.8, 4) is 0 Å². The number of ether oxygens (including phenoxy) is 2. The molecule has 1 aliphatic rings. The molecule has 0 aromatic rings. The summed E-state index contributed by atoms with van der Waals surface area (Å²) in [6, 6.07) is 0. The molecule has 18 heavy (non-hydrogen) atoms. The lowest BCUT2D eigenvalue weighted by molar-refractivity contribution is -0.145. The number of nitrogens with two attached hydrogens (primary N) is 1. The van der Waals surface area contributed by atoms with Crippen LogP contribution >= 0.6 is 0 Å². The maximum absolute atomic E-state index is 11.7. The van der Waals surface area contributed by atoms with Gasteiger partial charge in [-0.15, -0.1) is 0 Å². The Hall–Kier alpha value is -0.610. The van der Waals surface area contributed by atoms with E-state index < -0.39 is 0 Å². The maximum Gasteiger partial charge on any atom is 0.306 e. The first-order valence-corrected chi connectivity index (χ1v) is 7.05. The van der Waals surface area contributed by atoms with Gasteiger partial charge in [0.25, 0.3) is 0 Å². The Balaban J connectivity index is 2.11. The molecule has 0 spiro atoms. The van der Waals surface area contributed by atoms with E-state index in [2.05, 4.69) is 13.8 Å². The summed E-state index contributed by atoms with van der Waals surface area (Å²) in [6.07, 6.45) is 3.46. The van der Waals surface area contributed by atoms with E-state index in [1.54, 1.807) is 0 Å². The average Bonchev–Trinajstić information content (AvgIpc) is 2.80. The molecule has 2 atom stereocenters. The van der Waals surface area contributed by atoms with Crippen molar-refractivity contribution in [3.63, 3.8) is 0 Å². The Bertz CT molecular complexity index is 237. The fourth-order valence-corrected chi connectivity index (χ4v) is 2.37. The van der Waals surface area contributed by atoms with Crippen molar-refractivity contribution in [3.05, 3.63) is 0 Å². The Morgan fingerprint density at radius 1 is 1.50 bits per heavy atom. The van der Waals surface area contributed by atoms with Gasteiger partial charge >= 0.3 is 5.97 Å². The first-order valence-electron chi connectivity index (χ1n) is 7.05. The monoisotopic (exact) mass is 257 g/mol. The van der Waals surface area contributed by atoms with Gasteiger partial charge in [0, 0.05) is 19.6 Å². The molecule has 0 aliphatic carbocycles. The first kappa shape index (κ1) is 15.4. The zero-order valence-corrected chi connectivity index (χ0v) is 11.7. The fourth-order valence-electron chi connectivity index (χ4n) is 2.37. The van der Waals surface area contributed by atoms with E-state index >= 15 is 0 Å². The van der Waals surface area contributed by atoms with E-state index in [9.17, 15) is 4.79 Å². The maximum atomic E-state index is 11.7. The topological polar surface area (TPSA) is 61.6 Å². The second-order valence-corrected chi connectivity index (χ2v) is 5.67. The number of carbonyl (C=O) groups excluding carboxylic acids is 1. The molecular weight excluding hydrogens is 230 g/mol. The predicted octanol–water partition coefficient (Wildman–Crippen LogP) is 1.97. The van der Waals surface area contributed by atoms with Crippen molar-refractivity contribution in [1.82, 2.24) is 0 Å². The van der Waals surface area contributed by atoms with Crippen LogP contribution in [0.1, 0.15) is 39.5 Å². The van der Waals surface area contributed by atoms with Gasteiger partial charge in [0.2, 0.25) is 0 Å². The minimum Gasteiger partial charge on any atom is -0.466 e. The predicted molar refractivity (Wildman–Crippen MR) is 71.1 cm³/mol. The van der Waals surface area contributed by atoms with Crippen molar-refractivity contribution in [2.24, 2.45) is 23.5 Å². The highest BCUT2D eigenvalue weighted by Crippen LogP contribution is 2.17. The van der Waals surface area contributed by atoms with Gasteiger partial charge in [0.1, 0.15) is 0 Å². The third kappa shape index (κ3) is 6.36. The minimum atomic E-state index is -0.106. The fraction of sp³-hybridized carbons (Fsp3) is 0.929. The largest absolute Gasteiger partial charge is 0.466 e. The zero-order chi connectivity index (χ0) is 13.4. The highest BCUT2D eigenvalue weighted by atomic mass is 16.5. The molecule has 1 aliphatic heterocycles. The third-order valence-electron chi connectivity index (χ3n) is 3.41. The molecule has 4 heteroatoms. The standard InChI is InChI=1S/C14H27NO3/c1-11(2)7-13(9-15)8-14(16)18-6-4-12-3-5-17-10-12/h11-13H,3-10,15H2,1-2H3/t12?,13-/m0/s1. The summed E-state index contributed by atoms with van der Waals surface area (Å²) in [4.78, 5) is 11.7. The lowest BCUT2D eigenvalue weighted by atomic mass is 9.94. The van der Waals surface area contributed by atoms with Crippen LogP contribution in [0.2, 0.25) is 0 Å². The second-order valence-electron chi connectivity index (χ2n) is 5.67. The molecule has 1 saturated heterocycles. The summed E-state index contributed by atoms with van der Waals surface area (Å²) in [7, 11) is 0. The lowest BCUT2D eigenvalue weighted by Gasteiger charge is -2.16. The summed E-state index contributed by atoms with van der Waals surface area (Å²) < 4.78 is 10.6. The Morgan fingerprint density at radius 3 is 2.83 bits per heavy atom. The van der Waals surface area contributed by atoms with Gasteiger partial charge in [-0.2, -0.15) is 0 Å². The molecule has 2 N–H and O–H groups in total. The SMILES string of the molecule is CC(C)C[C@H](CN)CC(=O)OCCC1CCOC1. The average molecular weight is 257 g/mol. The molecule has 106 valence electrons. The van der Waals surface area contributed by atoms with Crippen molar-refractivity contribution >= 4 is 5.97 Å². The van der Waals surface area contributed by atoms with E-state index in [4.69, 9.17) is 15.2 Å². The van der Waals surface area contributed by atoms with Gasteiger partial charge in [-0.3, -0.25) is 4.79 Å². The van der Waals surface area contributed by atoms with Gasteiger partial charge in [-0.25, -0.2) is 0 Å². The van der Waals surface area contributed by atoms with Crippen LogP contribution in [-0.4, -0.2) is 32.3 Å². The molecule has 0 saturated carbocycles. The summed E-state index contributed by atoms with van der Waals surface area (Å²) in [6.45, 7) is 7.04. The summed E-state index contributed by atoms with van der Waals surface area (Å²) in [5.74, 6) is 1.29. The molecule has 1 heterocycles. The van der Waals surface area contributed by atoms with Crippen molar-refractivity contribution in [2.75, 3.05) is 26.4 Å². The molecule has 1 fully saturated rings. The molecule has 0 aromatic carbocycles. The molecule has 0 aromatic heterocycles. The number of hydrogen-bond acceptors (Lipinski definition) is 4. The van der Waals surface area contributed by atoms with E-state index in [1.165, 1.54) is 0 Å². The highest BCUT2D eigenvalue weighted by Gasteiger charge is 2.18. The van der Waals surface area contributed by atoms with E-state index in [1.807, 2.05) is 0 Å². The van der Waals surface area contributed by atoms with Crippen LogP contribution in [0.15, 0.2) is 0 Å². The van der Waals surface area contributed by atoms with E-state index in [-0.39, 0.29) is 11.9 Å². The normalized spacial score (nSPS) is 21.2. The number of esters is 1. The van der Waals surface area contributed by atoms with Crippen molar-refractivity contribution in [2.45, 2.75) is 39.5 Å². The quantitative estimate of drug-likeness (QED) is 0.675. The Morgan fingerprint density at radius 2 is 2.28 bits per heavy atom. The van der Waals surface area contributed by atoms with Crippen molar-refractivity contribution in [1.29, 1.82) is 0 Å². The van der Waals surface area contributed by atoms with Crippen LogP contribution in [0.3, 0.4) is 0 Å². The highest BCUT2D eigenvalue weighted by molar-refractivity contribution is 5.69. The van der Waals surface area contributed by atoms with Crippen LogP contribution in [0.25, 0.3) is 0 Å². The molecule has 4 nitrogen and oxygen atoms in total. The Kier molecular flexibility index (Phi) is 7.28. The molecular formula is C14H27NO3. The van der Waals surface area contributed by atoms with Crippen LogP contribution in [-0.2, 0) is 14.3 Å². The minimum absolute atomic E-state index is 0.106. The molecule has 0 radical (unpaired) electrons. The number of carbonyl (C=O) groups is 1. The van der Waals surface area contributed by atoms with Crippen LogP contribution in [0, 0.1) is 17.8 Å². The lowest BCUT2D eigenvalue weighted by Crippen LogP contribution is -2.21. The van der Waals surface area contributed by atoms with Crippen molar-refractivity contribution < 1.29 is 14.3 Å². The summed E-state index contributed by atoms with van der Waals surface area (Å²) in [5.41, 5.74) is 5.67. The van der Waals surface area contributed by atoms with Gasteiger partial charge < -0.3 is 15.2 Å². The molecule has 0 bridgehead atoms. The summed E-state index contributed by atoms with van der Waals surface area (Å²) in [5, 5.41) is 0. The summed E-state index contributed by atoms with van der Waals surface area (Å²) >= 11 is 0. The van der Waals surface area contributed by atoms with Gasteiger partial charge in [0.05, 0.1) is 6.61 Å². The van der Waals surface area contributed by atoms with E-state index in [0.717, 1.165) is 32.5 Å². The van der Waals surface area contributed by atoms with Gasteiger partial charge in [-0.1, -0.05) is 13.8 Å². The van der Waals surface area contributed by atoms with Crippen LogP contribution in [0.4, 0.5) is 0 Å². The van der Waals surface area contributed by atoms with Crippen LogP contribution in [0.5, 0.6) is 0 Å². The van der Waals surface area contributed by atoms with Crippen LogP contribution < -0.4 is 5.73 Å².